The van der Waals surface area contributed by atoms with Crippen molar-refractivity contribution in [2.75, 3.05) is 23.6 Å². The summed E-state index contributed by atoms with van der Waals surface area (Å²) in [6, 6.07) is 5.80. The SMILES string of the molecule is Nc1cccc([C@@H]2C[C@H](C(F)(F)F)CCN2[C@H]2CCOc3cc(S(=O)(=O)Nc4nccs4)c(F)cc32)n1. The number of nitrogens with one attached hydrogen (secondary N) is 1. The summed E-state index contributed by atoms with van der Waals surface area (Å²) in [5, 5.41) is 1.66. The summed E-state index contributed by atoms with van der Waals surface area (Å²) in [4.78, 5) is 9.40. The number of thiazole rings is 1. The number of nitrogens with zero attached hydrogens (tertiary/aromatic N) is 3. The van der Waals surface area contributed by atoms with Crippen molar-refractivity contribution in [3.63, 3.8) is 0 Å². The number of aromatic nitrogens is 2. The van der Waals surface area contributed by atoms with Gasteiger partial charge in [-0.3, -0.25) is 9.62 Å². The average Bonchev–Trinajstić information content (AvgIpc) is 3.34. The molecule has 5 rings (SSSR count). The first kappa shape index (κ1) is 25.7. The summed E-state index contributed by atoms with van der Waals surface area (Å²) in [5.41, 5.74) is 6.59. The lowest BCUT2D eigenvalue weighted by atomic mass is 9.85. The van der Waals surface area contributed by atoms with Crippen molar-refractivity contribution >= 4 is 32.3 Å². The summed E-state index contributed by atoms with van der Waals surface area (Å²) in [5.74, 6) is -2.17. The molecule has 1 saturated heterocycles. The van der Waals surface area contributed by atoms with Gasteiger partial charge in [-0.15, -0.1) is 11.3 Å². The van der Waals surface area contributed by atoms with Crippen LogP contribution in [-0.2, 0) is 10.0 Å². The Morgan fingerprint density at radius 1 is 1.19 bits per heavy atom. The zero-order valence-corrected chi connectivity index (χ0v) is 20.9. The highest BCUT2D eigenvalue weighted by atomic mass is 32.2. The predicted molar refractivity (Wildman–Crippen MR) is 129 cm³/mol. The Hall–Kier alpha value is -2.97. The number of hydrogen-bond donors (Lipinski definition) is 2. The molecule has 37 heavy (non-hydrogen) atoms. The van der Waals surface area contributed by atoms with Crippen molar-refractivity contribution in [3.05, 3.63) is 59.0 Å². The first-order chi connectivity index (χ1) is 17.5. The van der Waals surface area contributed by atoms with Crippen LogP contribution in [0.5, 0.6) is 5.75 Å². The quantitative estimate of drug-likeness (QED) is 0.430. The molecule has 0 radical (unpaired) electrons. The molecule has 0 bridgehead atoms. The molecule has 8 nitrogen and oxygen atoms in total. The van der Waals surface area contributed by atoms with Crippen molar-refractivity contribution in [2.45, 2.75) is 42.4 Å². The van der Waals surface area contributed by atoms with Gasteiger partial charge in [0.05, 0.1) is 24.3 Å². The molecule has 2 aromatic heterocycles. The van der Waals surface area contributed by atoms with Crippen LogP contribution in [-0.4, -0.2) is 42.6 Å². The van der Waals surface area contributed by atoms with Gasteiger partial charge in [0.2, 0.25) is 0 Å². The number of rotatable bonds is 5. The van der Waals surface area contributed by atoms with E-state index in [1.165, 1.54) is 6.20 Å². The maximum absolute atomic E-state index is 15.2. The maximum Gasteiger partial charge on any atom is 0.391 e. The third-order valence-corrected chi connectivity index (χ3v) is 8.83. The van der Waals surface area contributed by atoms with Gasteiger partial charge in [0.15, 0.2) is 5.13 Å². The molecule has 3 N–H and O–H groups in total. The van der Waals surface area contributed by atoms with Crippen LogP contribution in [0, 0.1) is 11.7 Å². The molecule has 14 heteroatoms. The van der Waals surface area contributed by atoms with Crippen LogP contribution >= 0.6 is 11.3 Å². The average molecular weight is 558 g/mol. The van der Waals surface area contributed by atoms with E-state index in [1.54, 1.807) is 23.6 Å². The standard InChI is InChI=1S/C23H23F4N5O3S2/c24-15-11-14-17(5-8-35-19(14)12-20(15)37(33,34)31-22-29-6-9-36-22)32-7-4-13(23(25,26)27)10-18(32)16-2-1-3-21(28)30-16/h1-3,6,9,11-13,17-18H,4-5,7-8,10H2,(H2,28,30)(H,29,31)/t13-,17+,18+/m1/s1. The van der Waals surface area contributed by atoms with Crippen molar-refractivity contribution < 1.29 is 30.7 Å². The fourth-order valence-corrected chi connectivity index (χ4v) is 6.83. The smallest absolute Gasteiger partial charge is 0.391 e. The lowest BCUT2D eigenvalue weighted by molar-refractivity contribution is -0.192. The molecule has 2 aliphatic rings. The van der Waals surface area contributed by atoms with Crippen molar-refractivity contribution in [2.24, 2.45) is 5.92 Å². The molecule has 1 aromatic carbocycles. The van der Waals surface area contributed by atoms with Crippen LogP contribution in [0.2, 0.25) is 0 Å². The summed E-state index contributed by atoms with van der Waals surface area (Å²) in [6.45, 7) is 0.266. The lowest BCUT2D eigenvalue weighted by Crippen LogP contribution is -2.44. The molecule has 2 aliphatic heterocycles. The first-order valence-corrected chi connectivity index (χ1v) is 13.8. The summed E-state index contributed by atoms with van der Waals surface area (Å²) in [7, 11) is -4.29. The van der Waals surface area contributed by atoms with E-state index in [0.29, 0.717) is 17.7 Å². The van der Waals surface area contributed by atoms with Gasteiger partial charge in [-0.05, 0) is 31.0 Å². The molecule has 3 aromatic rings. The Morgan fingerprint density at radius 3 is 2.70 bits per heavy atom. The van der Waals surface area contributed by atoms with Crippen LogP contribution in [0.3, 0.4) is 0 Å². The normalized spacial score (nSPS) is 22.8. The zero-order valence-electron chi connectivity index (χ0n) is 19.3. The highest BCUT2D eigenvalue weighted by molar-refractivity contribution is 7.93. The van der Waals surface area contributed by atoms with E-state index in [-0.39, 0.29) is 42.7 Å². The van der Waals surface area contributed by atoms with Crippen LogP contribution in [0.15, 0.2) is 46.8 Å². The number of alkyl halides is 3. The molecule has 0 aliphatic carbocycles. The number of ether oxygens (including phenoxy) is 1. The second-order valence-electron chi connectivity index (χ2n) is 8.92. The second-order valence-corrected chi connectivity index (χ2v) is 11.5. The van der Waals surface area contributed by atoms with Gasteiger partial charge in [-0.1, -0.05) is 6.07 Å². The maximum atomic E-state index is 15.2. The number of likely N-dealkylation sites (tertiary alicyclic amines) is 1. The van der Waals surface area contributed by atoms with Crippen molar-refractivity contribution in [1.82, 2.24) is 14.9 Å². The Kier molecular flexibility index (Phi) is 6.75. The molecule has 0 saturated carbocycles. The minimum atomic E-state index is -4.36. The zero-order chi connectivity index (χ0) is 26.4. The van der Waals surface area contributed by atoms with Gasteiger partial charge < -0.3 is 10.5 Å². The number of benzene rings is 1. The number of fused-ring (bicyclic) bond motifs is 1. The van der Waals surface area contributed by atoms with Gasteiger partial charge in [0.1, 0.15) is 22.3 Å². The monoisotopic (exact) mass is 557 g/mol. The van der Waals surface area contributed by atoms with Crippen LogP contribution in [0.1, 0.15) is 42.6 Å². The molecule has 198 valence electrons. The topological polar surface area (TPSA) is 110 Å². The third kappa shape index (κ3) is 5.22. The highest BCUT2D eigenvalue weighted by Gasteiger charge is 2.47. The molecule has 0 unspecified atom stereocenters. The van der Waals surface area contributed by atoms with E-state index >= 15 is 4.39 Å². The summed E-state index contributed by atoms with van der Waals surface area (Å²) in [6.07, 6.45) is -2.92. The Bertz CT molecular complexity index is 1390. The fraction of sp³-hybridized carbons (Fsp3) is 0.391. The number of nitrogens with two attached hydrogens (primary N) is 1. The van der Waals surface area contributed by atoms with Gasteiger partial charge >= 0.3 is 6.18 Å². The van der Waals surface area contributed by atoms with E-state index in [1.807, 2.05) is 4.90 Å². The van der Waals surface area contributed by atoms with Gasteiger partial charge in [-0.25, -0.2) is 22.8 Å². The minimum absolute atomic E-state index is 0.0842. The van der Waals surface area contributed by atoms with E-state index in [0.717, 1.165) is 23.5 Å². The number of hydrogen-bond acceptors (Lipinski definition) is 8. The fourth-order valence-electron chi connectivity index (χ4n) is 4.96. The summed E-state index contributed by atoms with van der Waals surface area (Å²) >= 11 is 1.04. The predicted octanol–water partition coefficient (Wildman–Crippen LogP) is 4.90. The number of sulfonamides is 1. The molecule has 1 fully saturated rings. The third-order valence-electron chi connectivity index (χ3n) is 6.66. The number of pyridine rings is 1. The molecule has 4 heterocycles. The molecule has 0 spiro atoms. The van der Waals surface area contributed by atoms with Gasteiger partial charge in [0.25, 0.3) is 10.0 Å². The molecule has 3 atom stereocenters. The Labute approximate surface area is 214 Å². The molecular weight excluding hydrogens is 534 g/mol. The minimum Gasteiger partial charge on any atom is -0.493 e. The van der Waals surface area contributed by atoms with E-state index in [4.69, 9.17) is 10.5 Å². The number of halogens is 4. The van der Waals surface area contributed by atoms with Gasteiger partial charge in [-0.2, -0.15) is 13.2 Å². The van der Waals surface area contributed by atoms with Crippen LogP contribution in [0.25, 0.3) is 0 Å². The van der Waals surface area contributed by atoms with Crippen molar-refractivity contribution in [3.8, 4) is 5.75 Å². The first-order valence-electron chi connectivity index (χ1n) is 11.5. The molecule has 0 amide bonds. The Morgan fingerprint density at radius 2 is 2.00 bits per heavy atom. The Balaban J connectivity index is 1.51. The number of nitrogen functional groups attached to an aromatic ring is 1. The molecular formula is C23H23F4N5O3S2. The number of anilines is 2. The second kappa shape index (κ2) is 9.72. The highest BCUT2D eigenvalue weighted by Crippen LogP contribution is 2.48. The lowest BCUT2D eigenvalue weighted by Gasteiger charge is -2.45. The number of piperidine rings is 1. The largest absolute Gasteiger partial charge is 0.493 e. The van der Waals surface area contributed by atoms with Crippen LogP contribution in [0.4, 0.5) is 28.5 Å². The van der Waals surface area contributed by atoms with Crippen LogP contribution < -0.4 is 15.2 Å². The van der Waals surface area contributed by atoms with E-state index in [9.17, 15) is 21.6 Å². The summed E-state index contributed by atoms with van der Waals surface area (Å²) < 4.78 is 89.8. The van der Waals surface area contributed by atoms with E-state index < -0.39 is 44.9 Å². The van der Waals surface area contributed by atoms with Gasteiger partial charge in [0, 0.05) is 42.2 Å². The van der Waals surface area contributed by atoms with Crippen molar-refractivity contribution in [1.29, 1.82) is 0 Å². The van der Waals surface area contributed by atoms with E-state index in [2.05, 4.69) is 14.7 Å².